The number of hydrogen-bond acceptors (Lipinski definition) is 0. The molecule has 0 aromatic carbocycles. The Kier molecular flexibility index (Phi) is 6.33. The van der Waals surface area contributed by atoms with E-state index >= 15 is 0 Å². The summed E-state index contributed by atoms with van der Waals surface area (Å²) in [5.41, 5.74) is 0. The summed E-state index contributed by atoms with van der Waals surface area (Å²) < 4.78 is 4.34. The third-order valence-electron chi connectivity index (χ3n) is 1.86. The smallest absolute Gasteiger partial charge is 0.244 e. The van der Waals surface area contributed by atoms with Gasteiger partial charge in [-0.25, -0.2) is 9.13 Å². The normalized spacial score (nSPS) is 9.31. The van der Waals surface area contributed by atoms with Crippen LogP contribution in [0.3, 0.4) is 0 Å². The highest BCUT2D eigenvalue weighted by Gasteiger charge is 1.99. The molecule has 0 aliphatic rings. The second kappa shape index (κ2) is 6.72. The predicted octanol–water partition coefficient (Wildman–Crippen LogP) is -1.23. The van der Waals surface area contributed by atoms with E-state index < -0.39 is 0 Å². The summed E-state index contributed by atoms with van der Waals surface area (Å²) in [5.74, 6) is 0. The summed E-state index contributed by atoms with van der Waals surface area (Å²) in [6.07, 6.45) is 10.7. The number of halogens is 1. The third-order valence-corrected chi connectivity index (χ3v) is 1.86. The quantitative estimate of drug-likeness (QED) is 0.416. The average Bonchev–Trinajstić information content (AvgIpc) is 2.50. The Bertz CT molecular complexity index is 243. The van der Waals surface area contributed by atoms with E-state index in [0.717, 1.165) is 13.1 Å². The van der Waals surface area contributed by atoms with Crippen LogP contribution in [-0.4, -0.2) is 4.57 Å². The van der Waals surface area contributed by atoms with Crippen LogP contribution in [-0.2, 0) is 13.1 Å². The summed E-state index contributed by atoms with van der Waals surface area (Å²) >= 11 is 0. The topological polar surface area (TPSA) is 8.81 Å². The molecule has 0 fully saturated rings. The maximum Gasteiger partial charge on any atom is 0.244 e. The molecule has 0 unspecified atom stereocenters. The highest BCUT2D eigenvalue weighted by Crippen LogP contribution is 1.92. The molecule has 1 aromatic rings. The molecule has 2 nitrogen and oxygen atoms in total. The van der Waals surface area contributed by atoms with Crippen molar-refractivity contribution in [2.75, 3.05) is 0 Å². The zero-order valence-electron chi connectivity index (χ0n) is 8.12. The largest absolute Gasteiger partial charge is 1.00 e. The monoisotopic (exact) mass is 200 g/mol. The Labute approximate surface area is 86.3 Å². The van der Waals surface area contributed by atoms with E-state index in [1.165, 1.54) is 12.8 Å². The lowest BCUT2D eigenvalue weighted by atomic mass is 10.3. The minimum atomic E-state index is 0. The lowest BCUT2D eigenvalue weighted by molar-refractivity contribution is -0.686. The summed E-state index contributed by atoms with van der Waals surface area (Å²) in [6.45, 7) is 7.93. The van der Waals surface area contributed by atoms with Crippen LogP contribution in [0.5, 0.6) is 0 Å². The average molecular weight is 201 g/mol. The molecular weight excluding hydrogens is 184 g/mol. The minimum Gasteiger partial charge on any atom is -1.00 e. The zero-order chi connectivity index (χ0) is 8.81. The lowest BCUT2D eigenvalue weighted by Crippen LogP contribution is -3.00. The number of aromatic nitrogens is 2. The molecule has 74 valence electrons. The number of imidazole rings is 1. The van der Waals surface area contributed by atoms with Gasteiger partial charge in [0.1, 0.15) is 18.9 Å². The zero-order valence-corrected chi connectivity index (χ0v) is 8.87. The van der Waals surface area contributed by atoms with E-state index in [9.17, 15) is 0 Å². The summed E-state index contributed by atoms with van der Waals surface area (Å²) in [5, 5.41) is 0. The molecule has 3 heteroatoms. The third kappa shape index (κ3) is 4.13. The Morgan fingerprint density at radius 3 is 2.92 bits per heavy atom. The SMILES string of the molecule is C=CC[n+]1ccn(CCCC)c1.[Cl-]. The van der Waals surface area contributed by atoms with Crippen molar-refractivity contribution in [2.24, 2.45) is 0 Å². The predicted molar refractivity (Wildman–Crippen MR) is 49.7 cm³/mol. The van der Waals surface area contributed by atoms with Crippen LogP contribution in [0, 0.1) is 0 Å². The first-order valence-corrected chi connectivity index (χ1v) is 4.52. The fourth-order valence-electron chi connectivity index (χ4n) is 1.17. The molecular formula is C10H17ClN2. The Morgan fingerprint density at radius 1 is 1.54 bits per heavy atom. The van der Waals surface area contributed by atoms with Gasteiger partial charge in [0, 0.05) is 0 Å². The van der Waals surface area contributed by atoms with Crippen molar-refractivity contribution in [3.63, 3.8) is 0 Å². The van der Waals surface area contributed by atoms with Gasteiger partial charge in [-0.05, 0) is 6.42 Å². The molecule has 0 aliphatic carbocycles. The van der Waals surface area contributed by atoms with Crippen LogP contribution in [0.15, 0.2) is 31.4 Å². The van der Waals surface area contributed by atoms with Crippen molar-refractivity contribution in [3.05, 3.63) is 31.4 Å². The molecule has 1 rings (SSSR count). The Balaban J connectivity index is 0.00000144. The van der Waals surface area contributed by atoms with Crippen LogP contribution in [0.25, 0.3) is 0 Å². The molecule has 0 N–H and O–H groups in total. The molecule has 0 saturated carbocycles. The molecule has 0 saturated heterocycles. The highest BCUT2D eigenvalue weighted by atomic mass is 35.5. The van der Waals surface area contributed by atoms with E-state index in [1.807, 2.05) is 6.08 Å². The van der Waals surface area contributed by atoms with Crippen LogP contribution in [0.2, 0.25) is 0 Å². The number of rotatable bonds is 5. The van der Waals surface area contributed by atoms with Crippen molar-refractivity contribution in [1.29, 1.82) is 0 Å². The van der Waals surface area contributed by atoms with Crippen molar-refractivity contribution in [3.8, 4) is 0 Å². The van der Waals surface area contributed by atoms with Gasteiger partial charge in [-0.2, -0.15) is 0 Å². The molecule has 0 bridgehead atoms. The van der Waals surface area contributed by atoms with Crippen LogP contribution < -0.4 is 17.0 Å². The van der Waals surface area contributed by atoms with Gasteiger partial charge in [-0.3, -0.25) is 0 Å². The van der Waals surface area contributed by atoms with E-state index in [2.05, 4.69) is 41.4 Å². The molecule has 0 aliphatic heterocycles. The van der Waals surface area contributed by atoms with E-state index in [0.29, 0.717) is 0 Å². The number of unbranched alkanes of at least 4 members (excludes halogenated alkanes) is 1. The van der Waals surface area contributed by atoms with E-state index in [1.54, 1.807) is 0 Å². The molecule has 1 heterocycles. The van der Waals surface area contributed by atoms with Crippen LogP contribution in [0.4, 0.5) is 0 Å². The Morgan fingerprint density at radius 2 is 2.31 bits per heavy atom. The fraction of sp³-hybridized carbons (Fsp3) is 0.500. The van der Waals surface area contributed by atoms with Gasteiger partial charge >= 0.3 is 0 Å². The standard InChI is InChI=1S/C10H17N2.ClH/c1-3-5-7-12-9-8-11(10-12)6-4-2;/h4,8-10H,2-3,5-7H2,1H3;1H/q+1;/p-1. The first kappa shape index (κ1) is 12.2. The van der Waals surface area contributed by atoms with Crippen molar-refractivity contribution in [2.45, 2.75) is 32.9 Å². The number of hydrogen-bond donors (Lipinski definition) is 0. The van der Waals surface area contributed by atoms with Crippen LogP contribution in [0.1, 0.15) is 19.8 Å². The number of nitrogens with zero attached hydrogens (tertiary/aromatic N) is 2. The van der Waals surface area contributed by atoms with Gasteiger partial charge in [0.25, 0.3) is 0 Å². The van der Waals surface area contributed by atoms with Crippen molar-refractivity contribution < 1.29 is 17.0 Å². The minimum absolute atomic E-state index is 0. The lowest BCUT2D eigenvalue weighted by Gasteiger charge is -1.91. The van der Waals surface area contributed by atoms with Gasteiger partial charge in [0.2, 0.25) is 6.33 Å². The molecule has 13 heavy (non-hydrogen) atoms. The first-order valence-electron chi connectivity index (χ1n) is 4.52. The number of aryl methyl sites for hydroxylation is 1. The van der Waals surface area contributed by atoms with E-state index in [-0.39, 0.29) is 12.4 Å². The van der Waals surface area contributed by atoms with Gasteiger partial charge < -0.3 is 12.4 Å². The van der Waals surface area contributed by atoms with Crippen molar-refractivity contribution in [1.82, 2.24) is 4.57 Å². The molecule has 0 atom stereocenters. The number of allylic oxidation sites excluding steroid dienone is 1. The van der Waals surface area contributed by atoms with Gasteiger partial charge in [-0.15, -0.1) is 0 Å². The summed E-state index contributed by atoms with van der Waals surface area (Å²) in [7, 11) is 0. The van der Waals surface area contributed by atoms with Crippen LogP contribution >= 0.6 is 0 Å². The van der Waals surface area contributed by atoms with Crippen molar-refractivity contribution >= 4 is 0 Å². The molecule has 0 amide bonds. The highest BCUT2D eigenvalue weighted by molar-refractivity contribution is 4.67. The maximum absolute atomic E-state index is 3.70. The second-order valence-electron chi connectivity index (χ2n) is 2.99. The Hall–Kier alpha value is -0.760. The fourth-order valence-corrected chi connectivity index (χ4v) is 1.17. The summed E-state index contributed by atoms with van der Waals surface area (Å²) in [6, 6.07) is 0. The molecule has 1 aromatic heterocycles. The maximum atomic E-state index is 3.70. The van der Waals surface area contributed by atoms with Gasteiger partial charge in [0.15, 0.2) is 0 Å². The summed E-state index contributed by atoms with van der Waals surface area (Å²) in [4.78, 5) is 0. The van der Waals surface area contributed by atoms with Gasteiger partial charge in [0.05, 0.1) is 6.54 Å². The first-order chi connectivity index (χ1) is 5.86. The van der Waals surface area contributed by atoms with E-state index in [4.69, 9.17) is 0 Å². The van der Waals surface area contributed by atoms with Gasteiger partial charge in [-0.1, -0.05) is 26.0 Å². The second-order valence-corrected chi connectivity index (χ2v) is 2.99. The molecule has 0 spiro atoms. The molecule has 0 radical (unpaired) electrons.